The van der Waals surface area contributed by atoms with E-state index >= 15 is 0 Å². The first-order chi connectivity index (χ1) is 8.58. The number of hydrogen-bond donors (Lipinski definition) is 2. The molecule has 0 radical (unpaired) electrons. The molecule has 0 saturated carbocycles. The Bertz CT molecular complexity index is 593. The zero-order chi connectivity index (χ0) is 13.1. The average Bonchev–Trinajstić information content (AvgIpc) is 2.71. The summed E-state index contributed by atoms with van der Waals surface area (Å²) in [5.41, 5.74) is 6.76. The predicted octanol–water partition coefficient (Wildman–Crippen LogP) is 1.13. The van der Waals surface area contributed by atoms with Crippen LogP contribution in [0, 0.1) is 0 Å². The minimum Gasteiger partial charge on any atom is -0.393 e. The maximum absolute atomic E-state index is 12.1. The van der Waals surface area contributed by atoms with Gasteiger partial charge in [-0.05, 0) is 19.1 Å². The number of pyridine rings is 1. The van der Waals surface area contributed by atoms with Gasteiger partial charge in [0, 0.05) is 18.7 Å². The number of carbonyl (C=O) groups excluding carboxylic acids is 1. The highest BCUT2D eigenvalue weighted by Crippen LogP contribution is 2.10. The highest BCUT2D eigenvalue weighted by molar-refractivity contribution is 7.80. The lowest BCUT2D eigenvalue weighted by Crippen LogP contribution is -2.35. The Labute approximate surface area is 110 Å². The fraction of sp³-hybridized carbons (Fsp3) is 0.250. The molecule has 5 nitrogen and oxygen atoms in total. The summed E-state index contributed by atoms with van der Waals surface area (Å²) in [6.07, 6.45) is 3.84. The molecule has 0 aliphatic rings. The Kier molecular flexibility index (Phi) is 3.57. The Hall–Kier alpha value is -1.95. The van der Waals surface area contributed by atoms with Gasteiger partial charge in [-0.1, -0.05) is 18.3 Å². The summed E-state index contributed by atoms with van der Waals surface area (Å²) < 4.78 is 1.66. The molecule has 0 aliphatic heterocycles. The fourth-order valence-corrected chi connectivity index (χ4v) is 2.01. The number of amides is 1. The summed E-state index contributed by atoms with van der Waals surface area (Å²) >= 11 is 4.81. The first-order valence-electron chi connectivity index (χ1n) is 5.59. The Morgan fingerprint density at radius 1 is 1.61 bits per heavy atom. The molecule has 2 rings (SSSR count). The molecule has 1 unspecified atom stereocenters. The smallest absolute Gasteiger partial charge is 0.255 e. The molecule has 0 saturated heterocycles. The van der Waals surface area contributed by atoms with Crippen LogP contribution in [0.25, 0.3) is 5.52 Å². The third-order valence-electron chi connectivity index (χ3n) is 2.56. The first kappa shape index (κ1) is 12.5. The number of carbonyl (C=O) groups is 1. The van der Waals surface area contributed by atoms with E-state index in [9.17, 15) is 4.79 Å². The van der Waals surface area contributed by atoms with Crippen LogP contribution in [0.5, 0.6) is 0 Å². The number of nitrogens with two attached hydrogens (primary N) is 1. The largest absolute Gasteiger partial charge is 0.393 e. The van der Waals surface area contributed by atoms with E-state index < -0.39 is 0 Å². The normalized spacial score (nSPS) is 12.3. The van der Waals surface area contributed by atoms with E-state index in [1.165, 1.54) is 0 Å². The zero-order valence-corrected chi connectivity index (χ0v) is 10.8. The number of thiocarbonyl (C=S) groups is 1. The molecule has 1 amide bonds. The molecule has 94 valence electrons. The minimum atomic E-state index is -0.167. The summed E-state index contributed by atoms with van der Waals surface area (Å²) in [5.74, 6) is -0.167. The lowest BCUT2D eigenvalue weighted by molar-refractivity contribution is 0.0943. The molecule has 0 aromatic carbocycles. The van der Waals surface area contributed by atoms with E-state index in [4.69, 9.17) is 18.0 Å². The maximum atomic E-state index is 12.1. The second-order valence-corrected chi connectivity index (χ2v) is 4.66. The monoisotopic (exact) mass is 262 g/mol. The zero-order valence-electron chi connectivity index (χ0n) is 9.96. The highest BCUT2D eigenvalue weighted by Gasteiger charge is 2.14. The van der Waals surface area contributed by atoms with Crippen molar-refractivity contribution in [3.63, 3.8) is 0 Å². The average molecular weight is 262 g/mol. The Balaban J connectivity index is 2.16. The van der Waals surface area contributed by atoms with Crippen LogP contribution in [0.3, 0.4) is 0 Å². The molecule has 2 aromatic heterocycles. The second kappa shape index (κ2) is 5.14. The summed E-state index contributed by atoms with van der Waals surface area (Å²) in [6, 6.07) is 5.48. The van der Waals surface area contributed by atoms with Gasteiger partial charge in [-0.25, -0.2) is 4.52 Å². The molecule has 0 spiro atoms. The molecular weight excluding hydrogens is 248 g/mol. The number of fused-ring (bicyclic) bond motifs is 1. The molecule has 18 heavy (non-hydrogen) atoms. The van der Waals surface area contributed by atoms with Gasteiger partial charge in [0.25, 0.3) is 5.91 Å². The van der Waals surface area contributed by atoms with Gasteiger partial charge < -0.3 is 11.1 Å². The van der Waals surface area contributed by atoms with E-state index in [2.05, 4.69) is 10.4 Å². The Morgan fingerprint density at radius 3 is 3.11 bits per heavy atom. The van der Waals surface area contributed by atoms with Crippen molar-refractivity contribution in [2.24, 2.45) is 5.73 Å². The van der Waals surface area contributed by atoms with Gasteiger partial charge in [0.05, 0.1) is 22.3 Å². The van der Waals surface area contributed by atoms with Crippen LogP contribution in [0.4, 0.5) is 0 Å². The second-order valence-electron chi connectivity index (χ2n) is 4.13. The summed E-state index contributed by atoms with van der Waals surface area (Å²) in [4.78, 5) is 12.5. The lowest BCUT2D eigenvalue weighted by atomic mass is 10.2. The maximum Gasteiger partial charge on any atom is 0.255 e. The summed E-state index contributed by atoms with van der Waals surface area (Å²) in [5, 5.41) is 6.96. The van der Waals surface area contributed by atoms with Gasteiger partial charge in [-0.2, -0.15) is 5.10 Å². The molecule has 0 aliphatic carbocycles. The van der Waals surface area contributed by atoms with E-state index in [0.717, 1.165) is 5.52 Å². The van der Waals surface area contributed by atoms with Crippen molar-refractivity contribution in [2.45, 2.75) is 19.4 Å². The molecule has 0 fully saturated rings. The van der Waals surface area contributed by atoms with Crippen molar-refractivity contribution in [3.8, 4) is 0 Å². The molecule has 6 heteroatoms. The predicted molar refractivity (Wildman–Crippen MR) is 73.5 cm³/mol. The van der Waals surface area contributed by atoms with Crippen LogP contribution in [0.15, 0.2) is 30.6 Å². The minimum absolute atomic E-state index is 0.0892. The van der Waals surface area contributed by atoms with Gasteiger partial charge >= 0.3 is 0 Å². The third-order valence-corrected chi connectivity index (χ3v) is 2.72. The van der Waals surface area contributed by atoms with Crippen LogP contribution in [-0.4, -0.2) is 26.6 Å². The first-order valence-corrected chi connectivity index (χ1v) is 6.00. The summed E-state index contributed by atoms with van der Waals surface area (Å²) in [7, 11) is 0. The van der Waals surface area contributed by atoms with Gasteiger partial charge in [-0.3, -0.25) is 4.79 Å². The van der Waals surface area contributed by atoms with E-state index in [1.54, 1.807) is 16.9 Å². The number of aromatic nitrogens is 2. The number of rotatable bonds is 4. The van der Waals surface area contributed by atoms with Crippen LogP contribution < -0.4 is 11.1 Å². The molecule has 2 heterocycles. The van der Waals surface area contributed by atoms with Crippen LogP contribution in [0.2, 0.25) is 0 Å². The summed E-state index contributed by atoms with van der Waals surface area (Å²) in [6.45, 7) is 1.86. The van der Waals surface area contributed by atoms with E-state index in [-0.39, 0.29) is 11.9 Å². The standard InChI is InChI=1S/C12H14N4OS/c1-8(6-11(13)18)15-12(17)9-7-14-16-5-3-2-4-10(9)16/h2-5,7-8H,6H2,1H3,(H2,13,18)(H,15,17). The lowest BCUT2D eigenvalue weighted by Gasteiger charge is -2.12. The van der Waals surface area contributed by atoms with E-state index in [1.807, 2.05) is 25.1 Å². The van der Waals surface area contributed by atoms with Crippen molar-refractivity contribution in [3.05, 3.63) is 36.2 Å². The quantitative estimate of drug-likeness (QED) is 0.810. The van der Waals surface area contributed by atoms with Crippen LogP contribution in [-0.2, 0) is 0 Å². The van der Waals surface area contributed by atoms with Crippen molar-refractivity contribution < 1.29 is 4.79 Å². The van der Waals surface area contributed by atoms with Crippen molar-refractivity contribution in [1.29, 1.82) is 0 Å². The molecule has 1 atom stereocenters. The van der Waals surface area contributed by atoms with Crippen molar-refractivity contribution >= 4 is 28.6 Å². The van der Waals surface area contributed by atoms with Crippen LogP contribution >= 0.6 is 12.2 Å². The molecule has 3 N–H and O–H groups in total. The van der Waals surface area contributed by atoms with Crippen molar-refractivity contribution in [1.82, 2.24) is 14.9 Å². The van der Waals surface area contributed by atoms with Gasteiger partial charge in [-0.15, -0.1) is 0 Å². The molecular formula is C12H14N4OS. The van der Waals surface area contributed by atoms with Gasteiger partial charge in [0.15, 0.2) is 0 Å². The highest BCUT2D eigenvalue weighted by atomic mass is 32.1. The van der Waals surface area contributed by atoms with E-state index in [0.29, 0.717) is 17.0 Å². The SMILES string of the molecule is CC(CC(N)=S)NC(=O)c1cnn2ccccc12. The van der Waals surface area contributed by atoms with Crippen LogP contribution in [0.1, 0.15) is 23.7 Å². The third kappa shape index (κ3) is 2.65. The molecule has 2 aromatic rings. The Morgan fingerprint density at radius 2 is 2.39 bits per heavy atom. The number of nitrogens with zero attached hydrogens (tertiary/aromatic N) is 2. The van der Waals surface area contributed by atoms with Gasteiger partial charge in [0.1, 0.15) is 0 Å². The van der Waals surface area contributed by atoms with Gasteiger partial charge in [0.2, 0.25) is 0 Å². The topological polar surface area (TPSA) is 72.4 Å². The van der Waals surface area contributed by atoms with Crippen molar-refractivity contribution in [2.75, 3.05) is 0 Å². The number of nitrogens with one attached hydrogen (secondary N) is 1. The molecule has 0 bridgehead atoms. The number of hydrogen-bond acceptors (Lipinski definition) is 3. The fourth-order valence-electron chi connectivity index (χ4n) is 1.76.